The highest BCUT2D eigenvalue weighted by molar-refractivity contribution is 5.16. The van der Waals surface area contributed by atoms with Crippen LogP contribution in [0.1, 0.15) is 19.0 Å². The van der Waals surface area contributed by atoms with E-state index in [0.717, 1.165) is 19.4 Å². The summed E-state index contributed by atoms with van der Waals surface area (Å²) in [4.78, 5) is 4.11. The summed E-state index contributed by atoms with van der Waals surface area (Å²) < 4.78 is 7.42. The van der Waals surface area contributed by atoms with Crippen molar-refractivity contribution in [2.24, 2.45) is 13.0 Å². The van der Waals surface area contributed by atoms with Crippen molar-refractivity contribution in [3.05, 3.63) is 30.1 Å². The lowest BCUT2D eigenvalue weighted by molar-refractivity contribution is 0.246. The Hall–Kier alpha value is -1.25. The van der Waals surface area contributed by atoms with E-state index in [4.69, 9.17) is 4.74 Å². The lowest BCUT2D eigenvalue weighted by atomic mass is 9.96. The number of rotatable bonds is 3. The molecule has 1 atom stereocenters. The van der Waals surface area contributed by atoms with Gasteiger partial charge < -0.3 is 9.30 Å². The predicted octanol–water partition coefficient (Wildman–Crippen LogP) is 1.90. The fourth-order valence-electron chi connectivity index (χ4n) is 1.80. The van der Waals surface area contributed by atoms with E-state index in [1.54, 1.807) is 0 Å². The van der Waals surface area contributed by atoms with Gasteiger partial charge in [0.15, 0.2) is 0 Å². The molecule has 2 rings (SSSR count). The van der Waals surface area contributed by atoms with Gasteiger partial charge in [-0.2, -0.15) is 0 Å². The quantitative estimate of drug-likeness (QED) is 0.731. The van der Waals surface area contributed by atoms with Crippen LogP contribution in [0.3, 0.4) is 0 Å². The van der Waals surface area contributed by atoms with Gasteiger partial charge in [-0.1, -0.05) is 6.92 Å². The van der Waals surface area contributed by atoms with Gasteiger partial charge in [-0.15, -0.1) is 0 Å². The molecular formula is C11H16N2O. The summed E-state index contributed by atoms with van der Waals surface area (Å²) in [6.45, 7) is 3.06. The summed E-state index contributed by atoms with van der Waals surface area (Å²) in [6, 6.07) is 0. The Morgan fingerprint density at radius 2 is 2.50 bits per heavy atom. The normalized spacial score (nSPS) is 20.7. The van der Waals surface area contributed by atoms with Gasteiger partial charge in [-0.25, -0.2) is 4.98 Å². The van der Waals surface area contributed by atoms with Crippen molar-refractivity contribution in [3.8, 4) is 0 Å². The molecule has 14 heavy (non-hydrogen) atoms. The van der Waals surface area contributed by atoms with Crippen LogP contribution in [0.5, 0.6) is 0 Å². The third-order valence-electron chi connectivity index (χ3n) is 2.85. The number of imidazole rings is 1. The summed E-state index contributed by atoms with van der Waals surface area (Å²) in [5.74, 6) is 0.602. The molecule has 1 aromatic heterocycles. The third-order valence-corrected chi connectivity index (χ3v) is 2.85. The molecule has 0 saturated carbocycles. The number of aromatic nitrogens is 2. The molecule has 0 aliphatic carbocycles. The molecular weight excluding hydrogens is 176 g/mol. The molecule has 3 heteroatoms. The molecule has 76 valence electrons. The van der Waals surface area contributed by atoms with E-state index in [1.165, 1.54) is 11.3 Å². The predicted molar refractivity (Wildman–Crippen MR) is 54.7 cm³/mol. The second-order valence-electron chi connectivity index (χ2n) is 3.80. The van der Waals surface area contributed by atoms with Gasteiger partial charge in [0.2, 0.25) is 0 Å². The fourth-order valence-corrected chi connectivity index (χ4v) is 1.80. The van der Waals surface area contributed by atoms with Gasteiger partial charge >= 0.3 is 0 Å². The molecule has 0 amide bonds. The Kier molecular flexibility index (Phi) is 2.57. The Balaban J connectivity index is 2.08. The molecule has 0 radical (unpaired) electrons. The Bertz CT molecular complexity index is 341. The molecule has 0 spiro atoms. The van der Waals surface area contributed by atoms with Crippen LogP contribution >= 0.6 is 0 Å². The van der Waals surface area contributed by atoms with E-state index in [1.807, 2.05) is 25.8 Å². The van der Waals surface area contributed by atoms with Gasteiger partial charge in [0.05, 0.1) is 19.2 Å². The summed E-state index contributed by atoms with van der Waals surface area (Å²) >= 11 is 0. The summed E-state index contributed by atoms with van der Waals surface area (Å²) in [6.07, 6.45) is 7.80. The van der Waals surface area contributed by atoms with Crippen LogP contribution in [-0.4, -0.2) is 16.2 Å². The molecule has 3 nitrogen and oxygen atoms in total. The number of ether oxygens (including phenoxy) is 1. The second-order valence-corrected chi connectivity index (χ2v) is 3.80. The Labute approximate surface area is 84.4 Å². The number of nitrogens with zero attached hydrogens (tertiary/aromatic N) is 2. The zero-order chi connectivity index (χ0) is 9.97. The highest BCUT2D eigenvalue weighted by Crippen LogP contribution is 2.25. The maximum atomic E-state index is 5.36. The molecule has 0 fully saturated rings. The van der Waals surface area contributed by atoms with Crippen LogP contribution in [0, 0.1) is 5.92 Å². The minimum atomic E-state index is 0.602. The second kappa shape index (κ2) is 3.86. The minimum absolute atomic E-state index is 0.602. The van der Waals surface area contributed by atoms with Crippen LogP contribution in [0.2, 0.25) is 0 Å². The smallest absolute Gasteiger partial charge is 0.0945 e. The van der Waals surface area contributed by atoms with E-state index in [0.29, 0.717) is 5.92 Å². The van der Waals surface area contributed by atoms with Crippen molar-refractivity contribution in [2.45, 2.75) is 19.8 Å². The first-order chi connectivity index (χ1) is 6.81. The van der Waals surface area contributed by atoms with Gasteiger partial charge in [-0.05, 0) is 12.0 Å². The number of aryl methyl sites for hydroxylation is 1. The van der Waals surface area contributed by atoms with Crippen LogP contribution in [-0.2, 0) is 18.2 Å². The van der Waals surface area contributed by atoms with E-state index < -0.39 is 0 Å². The fraction of sp³-hybridized carbons (Fsp3) is 0.545. The molecule has 0 bridgehead atoms. The first-order valence-electron chi connectivity index (χ1n) is 5.07. The van der Waals surface area contributed by atoms with Crippen molar-refractivity contribution in [1.82, 2.24) is 9.55 Å². The zero-order valence-corrected chi connectivity index (χ0v) is 8.73. The Morgan fingerprint density at radius 3 is 3.14 bits per heavy atom. The molecule has 0 saturated heterocycles. The van der Waals surface area contributed by atoms with Gasteiger partial charge in [0.25, 0.3) is 0 Å². The summed E-state index contributed by atoms with van der Waals surface area (Å²) in [7, 11) is 2.03. The third kappa shape index (κ3) is 1.67. The molecule has 0 unspecified atom stereocenters. The number of hydrogen-bond donors (Lipinski definition) is 0. The highest BCUT2D eigenvalue weighted by Gasteiger charge is 2.19. The average molecular weight is 192 g/mol. The van der Waals surface area contributed by atoms with Gasteiger partial charge in [0.1, 0.15) is 0 Å². The van der Waals surface area contributed by atoms with Crippen molar-refractivity contribution in [3.63, 3.8) is 0 Å². The van der Waals surface area contributed by atoms with Crippen molar-refractivity contribution < 1.29 is 4.74 Å². The largest absolute Gasteiger partial charge is 0.501 e. The monoisotopic (exact) mass is 192 g/mol. The standard InChI is InChI=1S/C11H16N2O/c1-3-9-6-14-7-10(9)4-11-5-12-8-13(11)2/h5,7-9H,3-4,6H2,1-2H3/t9-/m1/s1. The van der Waals surface area contributed by atoms with Crippen molar-refractivity contribution in [2.75, 3.05) is 6.61 Å². The van der Waals surface area contributed by atoms with Gasteiger partial charge in [0, 0.05) is 31.3 Å². The van der Waals surface area contributed by atoms with E-state index in [9.17, 15) is 0 Å². The van der Waals surface area contributed by atoms with Crippen molar-refractivity contribution >= 4 is 0 Å². The maximum Gasteiger partial charge on any atom is 0.0945 e. The lowest BCUT2D eigenvalue weighted by Gasteiger charge is -2.09. The maximum absolute atomic E-state index is 5.36. The average Bonchev–Trinajstić information content (AvgIpc) is 2.77. The SMILES string of the molecule is CC[C@@H]1COC=C1Cc1cncn1C. The van der Waals surface area contributed by atoms with Crippen molar-refractivity contribution in [1.29, 1.82) is 0 Å². The molecule has 0 N–H and O–H groups in total. The topological polar surface area (TPSA) is 27.1 Å². The van der Waals surface area contributed by atoms with E-state index in [2.05, 4.69) is 16.5 Å². The minimum Gasteiger partial charge on any atom is -0.501 e. The molecule has 2 heterocycles. The van der Waals surface area contributed by atoms with E-state index >= 15 is 0 Å². The van der Waals surface area contributed by atoms with E-state index in [-0.39, 0.29) is 0 Å². The van der Waals surface area contributed by atoms with Crippen LogP contribution in [0.25, 0.3) is 0 Å². The zero-order valence-electron chi connectivity index (χ0n) is 8.73. The van der Waals surface area contributed by atoms with Crippen LogP contribution in [0.15, 0.2) is 24.4 Å². The van der Waals surface area contributed by atoms with Gasteiger partial charge in [-0.3, -0.25) is 0 Å². The molecule has 1 aliphatic heterocycles. The summed E-state index contributed by atoms with van der Waals surface area (Å²) in [5.41, 5.74) is 2.65. The van der Waals surface area contributed by atoms with Crippen LogP contribution < -0.4 is 0 Å². The molecule has 1 aromatic rings. The summed E-state index contributed by atoms with van der Waals surface area (Å²) in [5, 5.41) is 0. The van der Waals surface area contributed by atoms with Crippen LogP contribution in [0.4, 0.5) is 0 Å². The number of hydrogen-bond acceptors (Lipinski definition) is 2. The highest BCUT2D eigenvalue weighted by atomic mass is 16.5. The molecule has 1 aliphatic rings. The Morgan fingerprint density at radius 1 is 1.64 bits per heavy atom. The first kappa shape index (κ1) is 9.31. The molecule has 0 aromatic carbocycles. The first-order valence-corrected chi connectivity index (χ1v) is 5.07. The lowest BCUT2D eigenvalue weighted by Crippen LogP contribution is -2.06.